The minimum absolute atomic E-state index is 0. The van der Waals surface area contributed by atoms with Crippen LogP contribution in [0, 0.1) is 0 Å². The van der Waals surface area contributed by atoms with Gasteiger partial charge in [0.15, 0.2) is 0 Å². The number of piperidine rings is 2. The number of rotatable bonds is 10. The molecule has 0 spiro atoms. The van der Waals surface area contributed by atoms with Gasteiger partial charge in [-0.05, 0) is 48.5 Å². The molecule has 0 unspecified atom stereocenters. The largest absolute Gasteiger partial charge is 0.326 e. The van der Waals surface area contributed by atoms with Gasteiger partial charge in [0.1, 0.15) is 44.9 Å². The van der Waals surface area contributed by atoms with Gasteiger partial charge in [0.05, 0.1) is 11.4 Å². The summed E-state index contributed by atoms with van der Waals surface area (Å²) in [6.07, 6.45) is 9.19. The van der Waals surface area contributed by atoms with Crippen molar-refractivity contribution in [3.63, 3.8) is 0 Å². The Bertz CT molecular complexity index is 2160. The van der Waals surface area contributed by atoms with Crippen molar-refractivity contribution in [2.45, 2.75) is 38.8 Å². The monoisotopic (exact) mass is 852 g/mol. The Morgan fingerprint density at radius 1 is 0.525 bits per heavy atom. The summed E-state index contributed by atoms with van der Waals surface area (Å²) in [7, 11) is 0. The molecule has 0 saturated carbocycles. The van der Waals surface area contributed by atoms with Crippen LogP contribution >= 0.6 is 35.1 Å². The number of nitrogens with zero attached hydrogens (tertiary/aromatic N) is 8. The van der Waals surface area contributed by atoms with Crippen LogP contribution in [-0.2, 0) is 22.7 Å². The average Bonchev–Trinajstić information content (AvgIpc) is 3.91. The Balaban J connectivity index is 0.000000195. The number of pyridine rings is 4. The van der Waals surface area contributed by atoms with Crippen molar-refractivity contribution in [2.75, 3.05) is 47.4 Å². The fourth-order valence-electron chi connectivity index (χ4n) is 6.10. The average molecular weight is 853 g/mol. The highest BCUT2D eigenvalue weighted by molar-refractivity contribution is 7.13. The van der Waals surface area contributed by atoms with E-state index in [4.69, 9.17) is 0 Å². The zero-order chi connectivity index (χ0) is 40.1. The Hall–Kier alpha value is -6.05. The highest BCUT2D eigenvalue weighted by Gasteiger charge is 2.18. The first-order valence-corrected chi connectivity index (χ1v) is 20.3. The lowest BCUT2D eigenvalue weighted by Gasteiger charge is -2.25. The van der Waals surface area contributed by atoms with Gasteiger partial charge in [-0.25, -0.2) is 29.5 Å². The van der Waals surface area contributed by atoms with Gasteiger partial charge in [-0.3, -0.25) is 50.6 Å². The number of amides is 4. The van der Waals surface area contributed by atoms with Gasteiger partial charge >= 0.3 is 12.1 Å². The van der Waals surface area contributed by atoms with E-state index in [9.17, 15) is 19.2 Å². The summed E-state index contributed by atoms with van der Waals surface area (Å²) in [4.78, 5) is 77.6. The topological polar surface area (TPSA) is 200 Å². The number of thiazole rings is 2. The van der Waals surface area contributed by atoms with Crippen LogP contribution in [0.5, 0.6) is 0 Å². The molecule has 304 valence electrons. The van der Waals surface area contributed by atoms with E-state index in [2.05, 4.69) is 61.0 Å². The van der Waals surface area contributed by atoms with E-state index in [1.165, 1.54) is 22.7 Å². The van der Waals surface area contributed by atoms with E-state index in [0.29, 0.717) is 73.6 Å². The van der Waals surface area contributed by atoms with Crippen LogP contribution in [0.4, 0.5) is 32.9 Å². The van der Waals surface area contributed by atoms with Crippen LogP contribution in [0.3, 0.4) is 0 Å². The second-order valence-electron chi connectivity index (χ2n) is 13.4. The van der Waals surface area contributed by atoms with Crippen molar-refractivity contribution in [3.8, 4) is 21.1 Å². The molecule has 59 heavy (non-hydrogen) atoms. The first-order chi connectivity index (χ1) is 28.3. The summed E-state index contributed by atoms with van der Waals surface area (Å²) >= 11 is 2.89. The fourth-order valence-corrected chi connectivity index (χ4v) is 7.61. The Labute approximate surface area is 354 Å². The second-order valence-corrected chi connectivity index (χ2v) is 15.1. The summed E-state index contributed by atoms with van der Waals surface area (Å²) < 4.78 is 0. The molecule has 2 saturated heterocycles. The summed E-state index contributed by atoms with van der Waals surface area (Å²) in [6.45, 7) is 4.33. The van der Waals surface area contributed by atoms with Crippen molar-refractivity contribution in [1.82, 2.24) is 39.7 Å². The van der Waals surface area contributed by atoms with Crippen molar-refractivity contribution < 1.29 is 19.2 Å². The first kappa shape index (κ1) is 42.6. The SMILES string of the molecule is Cl.O=C1CCN(Cc2cccc(NC(=O)Nc3csc(-c4ccncc4)n3)n2)CC1.O=C1CCN(Cc2cccc(NC(=O)Nc3csc(-c4ccncc4)n3)n2)CC1. The Morgan fingerprint density at radius 2 is 0.898 bits per heavy atom. The summed E-state index contributed by atoms with van der Waals surface area (Å²) in [5, 5.41) is 16.1. The number of hydrogen-bond acceptors (Lipinski definition) is 14. The van der Waals surface area contributed by atoms with Gasteiger partial charge in [-0.1, -0.05) is 12.1 Å². The molecule has 4 amide bonds. The molecule has 0 radical (unpaired) electrons. The van der Waals surface area contributed by atoms with Gasteiger partial charge in [-0.2, -0.15) is 0 Å². The minimum Gasteiger partial charge on any atom is -0.300 e. The third-order valence-electron chi connectivity index (χ3n) is 9.04. The number of anilines is 4. The Kier molecular flexibility index (Phi) is 15.2. The number of ketones is 2. The third kappa shape index (κ3) is 13.0. The molecule has 4 N–H and O–H groups in total. The highest BCUT2D eigenvalue weighted by atomic mass is 35.5. The number of aromatic nitrogens is 6. The first-order valence-electron chi connectivity index (χ1n) is 18.6. The molecule has 0 atom stereocenters. The third-order valence-corrected chi connectivity index (χ3v) is 10.8. The van der Waals surface area contributed by atoms with E-state index in [1.807, 2.05) is 48.5 Å². The minimum atomic E-state index is -0.398. The van der Waals surface area contributed by atoms with Crippen LogP contribution in [0.2, 0.25) is 0 Å². The maximum atomic E-state index is 12.3. The maximum Gasteiger partial charge on any atom is 0.326 e. The molecule has 19 heteroatoms. The second kappa shape index (κ2) is 21.1. The molecule has 2 fully saturated rings. The van der Waals surface area contributed by atoms with Crippen molar-refractivity contribution in [2.24, 2.45) is 0 Å². The molecule has 2 aliphatic rings. The van der Waals surface area contributed by atoms with Gasteiger partial charge in [0.2, 0.25) is 0 Å². The standard InChI is InChI=1S/2C20H20N6O2S.ClH/c2*27-16-6-10-26(11-7-16)12-15-2-1-3-17(22-15)24-20(28)25-18-13-29-19(23-18)14-4-8-21-9-5-14;/h2*1-5,8-9,13H,6-7,10-12H2,(H2,22,24,25,28);1H. The van der Waals surface area contributed by atoms with E-state index < -0.39 is 12.1 Å². The lowest BCUT2D eigenvalue weighted by atomic mass is 10.1. The molecule has 8 heterocycles. The van der Waals surface area contributed by atoms with Gasteiger partial charge in [0, 0.05) is 112 Å². The molecule has 6 aromatic rings. The Morgan fingerprint density at radius 3 is 1.29 bits per heavy atom. The lowest BCUT2D eigenvalue weighted by molar-refractivity contribution is -0.122. The highest BCUT2D eigenvalue weighted by Crippen LogP contribution is 2.26. The number of carbonyl (C=O) groups is 4. The molecule has 0 aliphatic carbocycles. The zero-order valence-electron chi connectivity index (χ0n) is 31.7. The van der Waals surface area contributed by atoms with Crippen molar-refractivity contribution in [1.29, 1.82) is 0 Å². The van der Waals surface area contributed by atoms with E-state index in [0.717, 1.165) is 58.7 Å². The number of likely N-dealkylation sites (tertiary alicyclic amines) is 2. The summed E-state index contributed by atoms with van der Waals surface area (Å²) in [5.74, 6) is 2.53. The lowest BCUT2D eigenvalue weighted by Crippen LogP contribution is -2.33. The normalized spacial score (nSPS) is 14.3. The number of carbonyl (C=O) groups excluding carboxylic acids is 4. The van der Waals surface area contributed by atoms with E-state index >= 15 is 0 Å². The van der Waals surface area contributed by atoms with Crippen LogP contribution < -0.4 is 21.3 Å². The van der Waals surface area contributed by atoms with E-state index in [-0.39, 0.29) is 12.4 Å². The number of urea groups is 2. The predicted octanol–water partition coefficient (Wildman–Crippen LogP) is 7.24. The molecule has 0 bridgehead atoms. The van der Waals surface area contributed by atoms with Crippen molar-refractivity contribution in [3.05, 3.63) is 108 Å². The van der Waals surface area contributed by atoms with Crippen LogP contribution in [0.1, 0.15) is 37.1 Å². The fraction of sp³-hybridized carbons (Fsp3) is 0.250. The molecular weight excluding hydrogens is 812 g/mol. The summed E-state index contributed by atoms with van der Waals surface area (Å²) in [5.41, 5.74) is 3.61. The van der Waals surface area contributed by atoms with Gasteiger partial charge in [0.25, 0.3) is 0 Å². The molecule has 0 aromatic carbocycles. The van der Waals surface area contributed by atoms with Crippen LogP contribution in [0.15, 0.2) is 96.2 Å². The molecule has 16 nitrogen and oxygen atoms in total. The number of Topliss-reactive ketones (excluding diaryl/α,β-unsaturated/α-hetero) is 2. The van der Waals surface area contributed by atoms with E-state index in [1.54, 1.807) is 47.7 Å². The summed E-state index contributed by atoms with van der Waals surface area (Å²) in [6, 6.07) is 17.7. The number of nitrogens with one attached hydrogen (secondary N) is 4. The quantitative estimate of drug-likeness (QED) is 0.108. The number of hydrogen-bond donors (Lipinski definition) is 4. The number of halogens is 1. The van der Waals surface area contributed by atoms with Crippen LogP contribution in [-0.4, -0.2) is 89.5 Å². The van der Waals surface area contributed by atoms with Crippen molar-refractivity contribution >= 4 is 82.0 Å². The zero-order valence-corrected chi connectivity index (χ0v) is 34.2. The van der Waals surface area contributed by atoms with Gasteiger partial charge < -0.3 is 0 Å². The van der Waals surface area contributed by atoms with Crippen LogP contribution in [0.25, 0.3) is 21.1 Å². The molecular formula is C40H41ClN12O4S2. The molecule has 2 aliphatic heterocycles. The smallest absolute Gasteiger partial charge is 0.300 e. The maximum absolute atomic E-state index is 12.3. The molecule has 6 aromatic heterocycles. The molecule has 8 rings (SSSR count). The van der Waals surface area contributed by atoms with Gasteiger partial charge in [-0.15, -0.1) is 35.1 Å². The predicted molar refractivity (Wildman–Crippen MR) is 231 cm³/mol.